The number of rotatable bonds is 6. The Labute approximate surface area is 128 Å². The molecule has 2 atom stereocenters. The van der Waals surface area contributed by atoms with E-state index in [4.69, 9.17) is 4.74 Å². The summed E-state index contributed by atoms with van der Waals surface area (Å²) in [6.45, 7) is 5.99. The van der Waals surface area contributed by atoms with Crippen LogP contribution in [0, 0.1) is 0 Å². The van der Waals surface area contributed by atoms with E-state index in [0.717, 1.165) is 31.4 Å². The third-order valence-corrected chi connectivity index (χ3v) is 4.14. The maximum absolute atomic E-state index is 12.2. The topological polar surface area (TPSA) is 38.3 Å². The largest absolute Gasteiger partial charge is 0.481 e. The minimum absolute atomic E-state index is 0.0237. The monoisotopic (exact) mass is 289 g/mol. The Hall–Kier alpha value is -1.51. The Morgan fingerprint density at radius 1 is 1.29 bits per heavy atom. The molecule has 3 heteroatoms. The van der Waals surface area contributed by atoms with Crippen LogP contribution in [0.3, 0.4) is 0 Å². The Balaban J connectivity index is 1.99. The van der Waals surface area contributed by atoms with Crippen molar-refractivity contribution in [2.24, 2.45) is 0 Å². The summed E-state index contributed by atoms with van der Waals surface area (Å²) in [4.78, 5) is 12.2. The molecule has 0 aromatic heterocycles. The lowest BCUT2D eigenvalue weighted by Crippen LogP contribution is -2.41. The van der Waals surface area contributed by atoms with Crippen molar-refractivity contribution >= 4 is 5.91 Å². The van der Waals surface area contributed by atoms with E-state index in [-0.39, 0.29) is 11.9 Å². The molecule has 2 rings (SSSR count). The van der Waals surface area contributed by atoms with Crippen molar-refractivity contribution in [3.05, 3.63) is 29.3 Å². The molecular weight excluding hydrogens is 262 g/mol. The van der Waals surface area contributed by atoms with E-state index in [0.29, 0.717) is 0 Å². The SMILES string of the molecule is CCC[C@@H](C)NC(=O)[C@H](C)Oc1cccc2c1CCCC2. The predicted octanol–water partition coefficient (Wildman–Crippen LogP) is 3.64. The zero-order chi connectivity index (χ0) is 15.2. The fourth-order valence-electron chi connectivity index (χ4n) is 2.97. The lowest BCUT2D eigenvalue weighted by molar-refractivity contribution is -0.127. The molecule has 1 amide bonds. The number of hydrogen-bond acceptors (Lipinski definition) is 2. The van der Waals surface area contributed by atoms with E-state index in [1.807, 2.05) is 26.0 Å². The van der Waals surface area contributed by atoms with Gasteiger partial charge in [0, 0.05) is 6.04 Å². The molecule has 1 aliphatic rings. The first-order valence-electron chi connectivity index (χ1n) is 8.19. The number of amides is 1. The van der Waals surface area contributed by atoms with E-state index in [1.54, 1.807) is 0 Å². The summed E-state index contributed by atoms with van der Waals surface area (Å²) in [7, 11) is 0. The van der Waals surface area contributed by atoms with Crippen LogP contribution in [0.2, 0.25) is 0 Å². The van der Waals surface area contributed by atoms with Crippen LogP contribution in [0.15, 0.2) is 18.2 Å². The molecule has 116 valence electrons. The maximum Gasteiger partial charge on any atom is 0.260 e. The molecule has 0 fully saturated rings. The summed E-state index contributed by atoms with van der Waals surface area (Å²) in [6, 6.07) is 6.40. The minimum Gasteiger partial charge on any atom is -0.481 e. The van der Waals surface area contributed by atoms with Gasteiger partial charge in [-0.15, -0.1) is 0 Å². The summed E-state index contributed by atoms with van der Waals surface area (Å²) in [5, 5.41) is 3.02. The second-order valence-corrected chi connectivity index (χ2v) is 6.06. The lowest BCUT2D eigenvalue weighted by Gasteiger charge is -2.23. The average molecular weight is 289 g/mol. The number of hydrogen-bond donors (Lipinski definition) is 1. The molecule has 1 aliphatic carbocycles. The average Bonchev–Trinajstić information content (AvgIpc) is 2.47. The molecule has 0 saturated heterocycles. The number of carbonyl (C=O) groups excluding carboxylic acids is 1. The van der Waals surface area contributed by atoms with Crippen molar-refractivity contribution in [1.29, 1.82) is 0 Å². The van der Waals surface area contributed by atoms with Gasteiger partial charge in [-0.2, -0.15) is 0 Å². The van der Waals surface area contributed by atoms with Crippen LogP contribution in [-0.4, -0.2) is 18.1 Å². The summed E-state index contributed by atoms with van der Waals surface area (Å²) in [5.41, 5.74) is 2.68. The third-order valence-electron chi connectivity index (χ3n) is 4.14. The van der Waals surface area contributed by atoms with Gasteiger partial charge in [-0.25, -0.2) is 0 Å². The van der Waals surface area contributed by atoms with E-state index >= 15 is 0 Å². The second-order valence-electron chi connectivity index (χ2n) is 6.06. The van der Waals surface area contributed by atoms with Crippen LogP contribution in [-0.2, 0) is 17.6 Å². The third kappa shape index (κ3) is 4.23. The quantitative estimate of drug-likeness (QED) is 0.868. The zero-order valence-electron chi connectivity index (χ0n) is 13.4. The number of fused-ring (bicyclic) bond motifs is 1. The summed E-state index contributed by atoms with van der Waals surface area (Å²) < 4.78 is 5.94. The Kier molecular flexibility index (Phi) is 5.66. The van der Waals surface area contributed by atoms with Gasteiger partial charge in [-0.3, -0.25) is 4.79 Å². The van der Waals surface area contributed by atoms with E-state index in [2.05, 4.69) is 18.3 Å². The molecule has 3 nitrogen and oxygen atoms in total. The van der Waals surface area contributed by atoms with Gasteiger partial charge < -0.3 is 10.1 Å². The number of benzene rings is 1. The van der Waals surface area contributed by atoms with Gasteiger partial charge in [0.15, 0.2) is 6.10 Å². The van der Waals surface area contributed by atoms with Crippen LogP contribution < -0.4 is 10.1 Å². The molecule has 21 heavy (non-hydrogen) atoms. The zero-order valence-corrected chi connectivity index (χ0v) is 13.4. The van der Waals surface area contributed by atoms with Crippen molar-refractivity contribution in [3.63, 3.8) is 0 Å². The van der Waals surface area contributed by atoms with Crippen LogP contribution in [0.5, 0.6) is 5.75 Å². The van der Waals surface area contributed by atoms with Gasteiger partial charge in [0.05, 0.1) is 0 Å². The van der Waals surface area contributed by atoms with Crippen molar-refractivity contribution in [2.75, 3.05) is 0 Å². The van der Waals surface area contributed by atoms with Crippen molar-refractivity contribution in [1.82, 2.24) is 5.32 Å². The molecule has 0 bridgehead atoms. The van der Waals surface area contributed by atoms with Crippen molar-refractivity contribution in [2.45, 2.75) is 71.4 Å². The van der Waals surface area contributed by atoms with Gasteiger partial charge >= 0.3 is 0 Å². The van der Waals surface area contributed by atoms with Gasteiger partial charge in [0.1, 0.15) is 5.75 Å². The van der Waals surface area contributed by atoms with Crippen molar-refractivity contribution < 1.29 is 9.53 Å². The molecule has 0 heterocycles. The van der Waals surface area contributed by atoms with Crippen LogP contribution in [0.25, 0.3) is 0 Å². The summed E-state index contributed by atoms with van der Waals surface area (Å²) >= 11 is 0. The maximum atomic E-state index is 12.2. The molecule has 1 aromatic rings. The highest BCUT2D eigenvalue weighted by atomic mass is 16.5. The summed E-state index contributed by atoms with van der Waals surface area (Å²) in [6.07, 6.45) is 6.27. The molecule has 1 aromatic carbocycles. The number of nitrogens with one attached hydrogen (secondary N) is 1. The number of aryl methyl sites for hydroxylation is 1. The standard InChI is InChI=1S/C18H27NO2/c1-4-8-13(2)19-18(20)14(3)21-17-12-7-10-15-9-5-6-11-16(15)17/h7,10,12-14H,4-6,8-9,11H2,1-3H3,(H,19,20)/t13-,14+/m1/s1. The lowest BCUT2D eigenvalue weighted by atomic mass is 9.91. The Morgan fingerprint density at radius 2 is 2.05 bits per heavy atom. The van der Waals surface area contributed by atoms with Crippen molar-refractivity contribution in [3.8, 4) is 5.75 Å². The predicted molar refractivity (Wildman–Crippen MR) is 85.7 cm³/mol. The molecule has 0 aliphatic heterocycles. The highest BCUT2D eigenvalue weighted by molar-refractivity contribution is 5.81. The highest BCUT2D eigenvalue weighted by Crippen LogP contribution is 2.30. The molecule has 0 radical (unpaired) electrons. The van der Waals surface area contributed by atoms with E-state index in [1.165, 1.54) is 24.0 Å². The Bertz CT molecular complexity index is 484. The van der Waals surface area contributed by atoms with E-state index in [9.17, 15) is 4.79 Å². The fraction of sp³-hybridized carbons (Fsp3) is 0.611. The number of ether oxygens (including phenoxy) is 1. The van der Waals surface area contributed by atoms with Crippen LogP contribution >= 0.6 is 0 Å². The molecule has 0 spiro atoms. The smallest absolute Gasteiger partial charge is 0.260 e. The minimum atomic E-state index is -0.447. The van der Waals surface area contributed by atoms with Crippen LogP contribution in [0.1, 0.15) is 57.6 Å². The summed E-state index contributed by atoms with van der Waals surface area (Å²) in [5.74, 6) is 0.863. The van der Waals surface area contributed by atoms with Gasteiger partial charge in [-0.1, -0.05) is 25.5 Å². The van der Waals surface area contributed by atoms with Gasteiger partial charge in [0.25, 0.3) is 5.91 Å². The molecule has 0 saturated carbocycles. The molecule has 1 N–H and O–H groups in total. The second kappa shape index (κ2) is 7.48. The fourth-order valence-corrected chi connectivity index (χ4v) is 2.97. The highest BCUT2D eigenvalue weighted by Gasteiger charge is 2.20. The van der Waals surface area contributed by atoms with Crippen LogP contribution in [0.4, 0.5) is 0 Å². The first-order chi connectivity index (χ1) is 10.1. The Morgan fingerprint density at radius 3 is 2.81 bits per heavy atom. The van der Waals surface area contributed by atoms with E-state index < -0.39 is 6.10 Å². The first-order valence-corrected chi connectivity index (χ1v) is 8.19. The first kappa shape index (κ1) is 15.9. The molecule has 0 unspecified atom stereocenters. The number of carbonyl (C=O) groups is 1. The molecular formula is C18H27NO2. The normalized spacial score (nSPS) is 16.7. The van der Waals surface area contributed by atoms with Gasteiger partial charge in [-0.05, 0) is 63.1 Å². The van der Waals surface area contributed by atoms with Gasteiger partial charge in [0.2, 0.25) is 0 Å².